The molecular formula is C28H28N4O2S. The van der Waals surface area contributed by atoms with Gasteiger partial charge in [0.25, 0.3) is 11.8 Å². The molecule has 7 heteroatoms. The second kappa shape index (κ2) is 10.5. The highest BCUT2D eigenvalue weighted by Gasteiger charge is 2.24. The van der Waals surface area contributed by atoms with Gasteiger partial charge in [0.15, 0.2) is 0 Å². The fourth-order valence-electron chi connectivity index (χ4n) is 4.46. The van der Waals surface area contributed by atoms with Crippen molar-refractivity contribution in [1.29, 1.82) is 0 Å². The molecule has 35 heavy (non-hydrogen) atoms. The number of benzene rings is 2. The number of thioether (sulfide) groups is 1. The molecule has 2 N–H and O–H groups in total. The Labute approximate surface area is 209 Å². The number of pyridine rings is 1. The summed E-state index contributed by atoms with van der Waals surface area (Å²) in [7, 11) is 2.11. The smallest absolute Gasteiger partial charge is 0.257 e. The Bertz CT molecular complexity index is 1270. The zero-order valence-electron chi connectivity index (χ0n) is 19.7. The summed E-state index contributed by atoms with van der Waals surface area (Å²) in [6.07, 6.45) is 7.41. The molecule has 2 aliphatic heterocycles. The molecule has 0 radical (unpaired) electrons. The van der Waals surface area contributed by atoms with Crippen LogP contribution in [0.5, 0.6) is 0 Å². The van der Waals surface area contributed by atoms with E-state index in [0.29, 0.717) is 12.1 Å². The van der Waals surface area contributed by atoms with Gasteiger partial charge >= 0.3 is 0 Å². The topological polar surface area (TPSA) is 74.3 Å². The van der Waals surface area contributed by atoms with Crippen LogP contribution in [-0.2, 0) is 24.3 Å². The van der Waals surface area contributed by atoms with Gasteiger partial charge in [0.05, 0.1) is 4.91 Å². The molecule has 0 fully saturated rings. The van der Waals surface area contributed by atoms with E-state index in [0.717, 1.165) is 42.1 Å². The third kappa shape index (κ3) is 5.63. The van der Waals surface area contributed by atoms with Crippen molar-refractivity contribution in [1.82, 2.24) is 15.2 Å². The molecule has 1 aromatic heterocycles. The van der Waals surface area contributed by atoms with E-state index < -0.39 is 0 Å². The number of anilines is 1. The van der Waals surface area contributed by atoms with Crippen LogP contribution in [0.25, 0.3) is 0 Å². The Hall–Kier alpha value is -3.42. The van der Waals surface area contributed by atoms with E-state index in [1.807, 2.05) is 42.5 Å². The molecule has 178 valence electrons. The van der Waals surface area contributed by atoms with Gasteiger partial charge in [-0.25, -0.2) is 0 Å². The second-order valence-corrected chi connectivity index (χ2v) is 10.2. The highest BCUT2D eigenvalue weighted by Crippen LogP contribution is 2.43. The normalized spacial score (nSPS) is 17.4. The first-order chi connectivity index (χ1) is 17.0. The van der Waals surface area contributed by atoms with Crippen LogP contribution in [0.3, 0.4) is 0 Å². The fourth-order valence-corrected chi connectivity index (χ4v) is 5.63. The van der Waals surface area contributed by atoms with Crippen LogP contribution in [0.2, 0.25) is 0 Å². The quantitative estimate of drug-likeness (QED) is 0.531. The maximum Gasteiger partial charge on any atom is 0.257 e. The summed E-state index contributed by atoms with van der Waals surface area (Å²) in [5.41, 5.74) is 6.04. The molecule has 3 aromatic rings. The van der Waals surface area contributed by atoms with Crippen LogP contribution < -0.4 is 10.6 Å². The minimum Gasteiger partial charge on any atom is -0.348 e. The molecule has 6 nitrogen and oxygen atoms in total. The molecule has 0 aliphatic carbocycles. The van der Waals surface area contributed by atoms with E-state index >= 15 is 0 Å². The van der Waals surface area contributed by atoms with E-state index in [9.17, 15) is 9.59 Å². The van der Waals surface area contributed by atoms with Crippen molar-refractivity contribution < 1.29 is 9.59 Å². The Kier molecular flexibility index (Phi) is 6.97. The third-order valence-electron chi connectivity index (χ3n) is 6.40. The molecular weight excluding hydrogens is 456 g/mol. The van der Waals surface area contributed by atoms with Crippen molar-refractivity contribution in [2.75, 3.05) is 18.9 Å². The molecule has 2 aromatic carbocycles. The van der Waals surface area contributed by atoms with Gasteiger partial charge in [0.2, 0.25) is 0 Å². The number of nitrogens with zero attached hydrogens (tertiary/aromatic N) is 2. The minimum atomic E-state index is -0.156. The molecule has 0 saturated heterocycles. The lowest BCUT2D eigenvalue weighted by atomic mass is 9.99. The zero-order valence-corrected chi connectivity index (χ0v) is 20.5. The van der Waals surface area contributed by atoms with Crippen molar-refractivity contribution in [3.8, 4) is 0 Å². The molecule has 0 bridgehead atoms. The third-order valence-corrected chi connectivity index (χ3v) is 7.75. The van der Waals surface area contributed by atoms with Crippen molar-refractivity contribution in [3.63, 3.8) is 0 Å². The monoisotopic (exact) mass is 484 g/mol. The highest BCUT2D eigenvalue weighted by molar-refractivity contribution is 8.04. The molecule has 2 amide bonds. The average Bonchev–Trinajstić information content (AvgIpc) is 3.38. The molecule has 3 heterocycles. The first-order valence-electron chi connectivity index (χ1n) is 11.8. The van der Waals surface area contributed by atoms with Crippen LogP contribution in [0.1, 0.15) is 44.3 Å². The van der Waals surface area contributed by atoms with Gasteiger partial charge < -0.3 is 15.5 Å². The molecule has 5 rings (SSSR count). The van der Waals surface area contributed by atoms with E-state index in [1.54, 1.807) is 30.2 Å². The number of likely N-dealkylation sites (N-methyl/N-ethyl adjacent to an activating group) is 1. The van der Waals surface area contributed by atoms with E-state index in [-0.39, 0.29) is 17.1 Å². The molecule has 1 atom stereocenters. The van der Waals surface area contributed by atoms with Gasteiger partial charge in [-0.05, 0) is 78.5 Å². The summed E-state index contributed by atoms with van der Waals surface area (Å²) in [5, 5.41) is 6.25. The predicted octanol–water partition coefficient (Wildman–Crippen LogP) is 4.70. The largest absolute Gasteiger partial charge is 0.348 e. The van der Waals surface area contributed by atoms with Crippen molar-refractivity contribution in [3.05, 3.63) is 106 Å². The molecule has 0 spiro atoms. The van der Waals surface area contributed by atoms with Crippen molar-refractivity contribution in [2.45, 2.75) is 31.2 Å². The van der Waals surface area contributed by atoms with Crippen LogP contribution in [0.4, 0.5) is 5.69 Å². The fraction of sp³-hybridized carbons (Fsp3) is 0.250. The standard InChI is InChI=1S/C28H28N4O2S/c1-32-14-11-20-5-6-24(16-23(20)18-32)31-27(33)22-4-2-3-19(15-22)17-30-28(34)26-8-7-25(35-26)21-9-12-29-13-10-21/h2-6,8-10,12-13,15-16,25H,7,11,14,17-18H2,1H3,(H,30,34)(H,31,33). The summed E-state index contributed by atoms with van der Waals surface area (Å²) in [6.45, 7) is 2.32. The van der Waals surface area contributed by atoms with Crippen LogP contribution >= 0.6 is 11.8 Å². The van der Waals surface area contributed by atoms with Gasteiger partial charge in [-0.3, -0.25) is 14.6 Å². The molecule has 0 saturated carbocycles. The van der Waals surface area contributed by atoms with Gasteiger partial charge in [-0.15, -0.1) is 11.8 Å². The van der Waals surface area contributed by atoms with Crippen molar-refractivity contribution in [2.24, 2.45) is 0 Å². The zero-order chi connectivity index (χ0) is 24.2. The minimum absolute atomic E-state index is 0.0829. The first-order valence-corrected chi connectivity index (χ1v) is 12.7. The number of fused-ring (bicyclic) bond motifs is 1. The van der Waals surface area contributed by atoms with Gasteiger partial charge in [-0.1, -0.05) is 24.3 Å². The number of hydrogen-bond donors (Lipinski definition) is 2. The summed E-state index contributed by atoms with van der Waals surface area (Å²) >= 11 is 1.58. The first kappa shape index (κ1) is 23.3. The Balaban J connectivity index is 1.17. The van der Waals surface area contributed by atoms with Crippen molar-refractivity contribution >= 4 is 29.3 Å². The van der Waals surface area contributed by atoms with E-state index in [1.165, 1.54) is 16.7 Å². The van der Waals surface area contributed by atoms with Crippen LogP contribution in [0.15, 0.2) is 78.0 Å². The van der Waals surface area contributed by atoms with Gasteiger partial charge in [0.1, 0.15) is 0 Å². The van der Waals surface area contributed by atoms with E-state index in [2.05, 4.69) is 39.7 Å². The summed E-state index contributed by atoms with van der Waals surface area (Å²) < 4.78 is 0. The number of amides is 2. The lowest BCUT2D eigenvalue weighted by Crippen LogP contribution is -2.26. The highest BCUT2D eigenvalue weighted by atomic mass is 32.2. The van der Waals surface area contributed by atoms with Crippen LogP contribution in [-0.4, -0.2) is 35.3 Å². The maximum atomic E-state index is 12.9. The Morgan fingerprint density at radius 3 is 2.77 bits per heavy atom. The summed E-state index contributed by atoms with van der Waals surface area (Å²) in [4.78, 5) is 32.7. The Morgan fingerprint density at radius 2 is 1.91 bits per heavy atom. The number of carbonyl (C=O) groups is 2. The summed E-state index contributed by atoms with van der Waals surface area (Å²) in [6, 6.07) is 17.5. The number of nitrogens with one attached hydrogen (secondary N) is 2. The summed E-state index contributed by atoms with van der Waals surface area (Å²) in [5.74, 6) is -0.239. The molecule has 2 aliphatic rings. The Morgan fingerprint density at radius 1 is 1.06 bits per heavy atom. The number of hydrogen-bond acceptors (Lipinski definition) is 5. The number of allylic oxidation sites excluding steroid dienone is 1. The SMILES string of the molecule is CN1CCc2ccc(NC(=O)c3cccc(CNC(=O)C4=CCC(c5ccncc5)S4)c3)cc2C1. The van der Waals surface area contributed by atoms with Crippen LogP contribution in [0, 0.1) is 0 Å². The predicted molar refractivity (Wildman–Crippen MR) is 140 cm³/mol. The second-order valence-electron chi connectivity index (χ2n) is 9.00. The van der Waals surface area contributed by atoms with Gasteiger partial charge in [0, 0.05) is 48.5 Å². The maximum absolute atomic E-state index is 12.9. The average molecular weight is 485 g/mol. The molecule has 1 unspecified atom stereocenters. The van der Waals surface area contributed by atoms with Gasteiger partial charge in [-0.2, -0.15) is 0 Å². The lowest BCUT2D eigenvalue weighted by Gasteiger charge is -2.25. The lowest BCUT2D eigenvalue weighted by molar-refractivity contribution is -0.116. The number of rotatable bonds is 6. The number of carbonyl (C=O) groups excluding carboxylic acids is 2. The number of aromatic nitrogens is 1. The van der Waals surface area contributed by atoms with E-state index in [4.69, 9.17) is 0 Å².